The number of thioether (sulfide) groups is 1. The van der Waals surface area contributed by atoms with Crippen molar-refractivity contribution in [2.75, 3.05) is 7.11 Å². The molecule has 0 aliphatic heterocycles. The Hall–Kier alpha value is -3.78. The first kappa shape index (κ1) is 22.4. The van der Waals surface area contributed by atoms with Gasteiger partial charge in [0.15, 0.2) is 0 Å². The van der Waals surface area contributed by atoms with Gasteiger partial charge in [-0.1, -0.05) is 42.5 Å². The summed E-state index contributed by atoms with van der Waals surface area (Å²) >= 11 is 1.32. The molecule has 4 rings (SSSR count). The largest absolute Gasteiger partial charge is 0.497 e. The molecule has 0 atom stereocenters. The molecular weight excluding hydrogens is 438 g/mol. The van der Waals surface area contributed by atoms with Gasteiger partial charge in [-0.05, 0) is 40.6 Å². The first-order valence-corrected chi connectivity index (χ1v) is 11.2. The topological polar surface area (TPSA) is 85.8 Å². The Balaban J connectivity index is 1.78. The maximum absolute atomic E-state index is 13.0. The third-order valence-electron chi connectivity index (χ3n) is 5.34. The van der Waals surface area contributed by atoms with Gasteiger partial charge < -0.3 is 9.84 Å². The van der Waals surface area contributed by atoms with Crippen LogP contribution < -0.4 is 16.0 Å². The Morgan fingerprint density at radius 1 is 0.970 bits per heavy atom. The van der Waals surface area contributed by atoms with Gasteiger partial charge in [-0.25, -0.2) is 9.79 Å². The number of rotatable bonds is 5. The number of methoxy groups -OCH3 is 1. The number of hydrogen-bond acceptors (Lipinski definition) is 6. The summed E-state index contributed by atoms with van der Waals surface area (Å²) in [7, 11) is 4.38. The second-order valence-electron chi connectivity index (χ2n) is 7.49. The highest BCUT2D eigenvalue weighted by atomic mass is 32.2. The number of aliphatic imine (C=N–C) groups is 1. The van der Waals surface area contributed by atoms with Crippen LogP contribution in [0.15, 0.2) is 81.3 Å². The van der Waals surface area contributed by atoms with E-state index in [4.69, 9.17) is 4.74 Å². The molecule has 0 unspecified atom stereocenters. The molecule has 0 spiro atoms. The van der Waals surface area contributed by atoms with Crippen molar-refractivity contribution in [3.63, 3.8) is 0 Å². The van der Waals surface area contributed by atoms with Crippen molar-refractivity contribution in [2.45, 2.75) is 5.75 Å². The van der Waals surface area contributed by atoms with E-state index in [2.05, 4.69) is 17.1 Å². The Kier molecular flexibility index (Phi) is 6.37. The van der Waals surface area contributed by atoms with E-state index in [9.17, 15) is 14.7 Å². The zero-order chi connectivity index (χ0) is 23.5. The Labute approximate surface area is 194 Å². The zero-order valence-corrected chi connectivity index (χ0v) is 19.3. The van der Waals surface area contributed by atoms with E-state index in [-0.39, 0.29) is 5.56 Å². The normalized spacial score (nSPS) is 11.7. The summed E-state index contributed by atoms with van der Waals surface area (Å²) in [6.45, 7) is 0. The van der Waals surface area contributed by atoms with Crippen LogP contribution in [-0.4, -0.2) is 26.4 Å². The van der Waals surface area contributed by atoms with Gasteiger partial charge in [-0.15, -0.1) is 11.8 Å². The van der Waals surface area contributed by atoms with E-state index in [1.165, 1.54) is 25.9 Å². The molecule has 0 bridgehead atoms. The lowest BCUT2D eigenvalue weighted by Crippen LogP contribution is -2.39. The lowest BCUT2D eigenvalue weighted by atomic mass is 10.1. The SMILES string of the molecule is COc1ccc(N=C(SCc2ccc3ccccc3c2)c2c(O)n(C)c(=O)n(C)c2=O)cc1. The van der Waals surface area contributed by atoms with Gasteiger partial charge in [0.2, 0.25) is 5.88 Å². The first-order chi connectivity index (χ1) is 15.9. The number of benzene rings is 3. The molecule has 1 aromatic heterocycles. The van der Waals surface area contributed by atoms with Gasteiger partial charge in [0.05, 0.1) is 12.8 Å². The Morgan fingerprint density at radius 2 is 1.67 bits per heavy atom. The molecule has 3 aromatic carbocycles. The first-order valence-electron chi connectivity index (χ1n) is 10.2. The van der Waals surface area contributed by atoms with Gasteiger partial charge in [0, 0.05) is 19.8 Å². The van der Waals surface area contributed by atoms with Crippen LogP contribution in [0.1, 0.15) is 11.1 Å². The number of fused-ring (bicyclic) bond motifs is 1. The van der Waals surface area contributed by atoms with Crippen molar-refractivity contribution in [1.29, 1.82) is 0 Å². The molecule has 4 aromatic rings. The van der Waals surface area contributed by atoms with Crippen LogP contribution in [0.3, 0.4) is 0 Å². The molecule has 8 heteroatoms. The highest BCUT2D eigenvalue weighted by Gasteiger charge is 2.21. The van der Waals surface area contributed by atoms with Crippen molar-refractivity contribution < 1.29 is 9.84 Å². The molecule has 0 aliphatic rings. The summed E-state index contributed by atoms with van der Waals surface area (Å²) in [6.07, 6.45) is 0. The summed E-state index contributed by atoms with van der Waals surface area (Å²) in [5.74, 6) is 0.784. The molecule has 7 nitrogen and oxygen atoms in total. The third kappa shape index (κ3) is 4.56. The van der Waals surface area contributed by atoms with Crippen molar-refractivity contribution in [3.8, 4) is 11.6 Å². The molecule has 0 radical (unpaired) electrons. The standard InChI is InChI=1S/C25H23N3O4S/c1-27-23(29)21(24(30)28(2)25(27)31)22(26-19-10-12-20(32-3)13-11-19)33-15-16-8-9-17-6-4-5-7-18(17)14-16/h4-14,29H,15H2,1-3H3. The molecular formula is C25H23N3O4S. The molecule has 0 saturated heterocycles. The number of ether oxygens (including phenoxy) is 1. The van der Waals surface area contributed by atoms with Crippen LogP contribution in [0.4, 0.5) is 5.69 Å². The fraction of sp³-hybridized carbons (Fsp3) is 0.160. The van der Waals surface area contributed by atoms with Crippen LogP contribution in [-0.2, 0) is 19.8 Å². The molecule has 1 N–H and O–H groups in total. The quantitative estimate of drug-likeness (QED) is 0.359. The molecule has 0 amide bonds. The number of aromatic hydroxyl groups is 1. The van der Waals surface area contributed by atoms with Crippen molar-refractivity contribution >= 4 is 33.3 Å². The van der Waals surface area contributed by atoms with E-state index >= 15 is 0 Å². The van der Waals surface area contributed by atoms with E-state index in [1.807, 2.05) is 30.3 Å². The lowest BCUT2D eigenvalue weighted by molar-refractivity contribution is 0.410. The number of nitrogens with zero attached hydrogens (tertiary/aromatic N) is 3. The molecule has 33 heavy (non-hydrogen) atoms. The number of hydrogen-bond donors (Lipinski definition) is 1. The zero-order valence-electron chi connectivity index (χ0n) is 18.5. The van der Waals surface area contributed by atoms with Gasteiger partial charge in [0.1, 0.15) is 16.4 Å². The van der Waals surface area contributed by atoms with Gasteiger partial charge >= 0.3 is 5.69 Å². The lowest BCUT2D eigenvalue weighted by Gasteiger charge is -2.13. The second kappa shape index (κ2) is 9.38. The van der Waals surface area contributed by atoms with Crippen molar-refractivity contribution in [2.24, 2.45) is 19.1 Å². The van der Waals surface area contributed by atoms with E-state index < -0.39 is 17.1 Å². The van der Waals surface area contributed by atoms with Gasteiger partial charge in [0.25, 0.3) is 5.56 Å². The molecule has 0 aliphatic carbocycles. The highest BCUT2D eigenvalue weighted by molar-refractivity contribution is 8.13. The van der Waals surface area contributed by atoms with Crippen LogP contribution in [0, 0.1) is 0 Å². The maximum Gasteiger partial charge on any atom is 0.333 e. The smallest absolute Gasteiger partial charge is 0.333 e. The van der Waals surface area contributed by atoms with E-state index in [0.29, 0.717) is 22.2 Å². The fourth-order valence-corrected chi connectivity index (χ4v) is 4.41. The monoisotopic (exact) mass is 461 g/mol. The minimum absolute atomic E-state index is 0.0128. The Bertz CT molecular complexity index is 1470. The van der Waals surface area contributed by atoms with Crippen molar-refractivity contribution in [1.82, 2.24) is 9.13 Å². The summed E-state index contributed by atoms with van der Waals surface area (Å²) in [4.78, 5) is 29.8. The highest BCUT2D eigenvalue weighted by Crippen LogP contribution is 2.27. The maximum atomic E-state index is 13.0. The van der Waals surface area contributed by atoms with Crippen molar-refractivity contribution in [3.05, 3.63) is 98.7 Å². The van der Waals surface area contributed by atoms with E-state index in [1.54, 1.807) is 31.4 Å². The number of aromatic nitrogens is 2. The molecule has 1 heterocycles. The van der Waals surface area contributed by atoms with Crippen LogP contribution in [0.2, 0.25) is 0 Å². The van der Waals surface area contributed by atoms with Gasteiger partial charge in [-0.2, -0.15) is 0 Å². The minimum atomic E-state index is -0.607. The summed E-state index contributed by atoms with van der Waals surface area (Å²) in [5, 5.41) is 13.3. The average Bonchev–Trinajstić information content (AvgIpc) is 2.85. The summed E-state index contributed by atoms with van der Waals surface area (Å²) in [6, 6.07) is 21.3. The van der Waals surface area contributed by atoms with Gasteiger partial charge in [-0.3, -0.25) is 13.9 Å². The Morgan fingerprint density at radius 3 is 2.36 bits per heavy atom. The second-order valence-corrected chi connectivity index (χ2v) is 8.45. The van der Waals surface area contributed by atoms with E-state index in [0.717, 1.165) is 25.5 Å². The minimum Gasteiger partial charge on any atom is -0.497 e. The van der Waals surface area contributed by atoms with Crippen LogP contribution in [0.5, 0.6) is 11.6 Å². The molecule has 0 fully saturated rings. The average molecular weight is 462 g/mol. The van der Waals surface area contributed by atoms with Crippen LogP contribution in [0.25, 0.3) is 10.8 Å². The van der Waals surface area contributed by atoms with Crippen LogP contribution >= 0.6 is 11.8 Å². The molecule has 0 saturated carbocycles. The summed E-state index contributed by atoms with van der Waals surface area (Å²) in [5.41, 5.74) is 0.411. The third-order valence-corrected chi connectivity index (χ3v) is 6.39. The summed E-state index contributed by atoms with van der Waals surface area (Å²) < 4.78 is 7.20. The predicted molar refractivity (Wildman–Crippen MR) is 133 cm³/mol. The predicted octanol–water partition coefficient (Wildman–Crippen LogP) is 3.96. The fourth-order valence-electron chi connectivity index (χ4n) is 3.44. The molecule has 168 valence electrons.